The maximum Gasteiger partial charge on any atom is 0.251 e. The van der Waals surface area contributed by atoms with Crippen LogP contribution in [0.4, 0.5) is 0 Å². The predicted octanol–water partition coefficient (Wildman–Crippen LogP) is 4.53. The smallest absolute Gasteiger partial charge is 0.251 e. The Morgan fingerprint density at radius 2 is 1.85 bits per heavy atom. The van der Waals surface area contributed by atoms with Gasteiger partial charge >= 0.3 is 0 Å². The molecule has 0 atom stereocenters. The number of nitrogens with one attached hydrogen (secondary N) is 1. The van der Waals surface area contributed by atoms with Gasteiger partial charge in [-0.1, -0.05) is 60.7 Å². The van der Waals surface area contributed by atoms with Crippen molar-refractivity contribution >= 4 is 21.8 Å². The topological polar surface area (TPSA) is 29.1 Å². The number of alkyl halides is 1. The summed E-state index contributed by atoms with van der Waals surface area (Å²) in [6.45, 7) is 3.15. The maximum atomic E-state index is 12.0. The van der Waals surface area contributed by atoms with Crippen LogP contribution >= 0.6 is 15.9 Å². The van der Waals surface area contributed by atoms with E-state index in [-0.39, 0.29) is 5.91 Å². The summed E-state index contributed by atoms with van der Waals surface area (Å²) >= 11 is 3.41. The van der Waals surface area contributed by atoms with Crippen molar-refractivity contribution in [3.05, 3.63) is 35.4 Å². The zero-order chi connectivity index (χ0) is 14.4. The molecule has 2 rings (SSSR count). The molecule has 0 aliphatic heterocycles. The zero-order valence-corrected chi connectivity index (χ0v) is 13.8. The lowest BCUT2D eigenvalue weighted by Gasteiger charge is -2.26. The third kappa shape index (κ3) is 4.62. The van der Waals surface area contributed by atoms with E-state index in [2.05, 4.69) is 28.2 Å². The summed E-state index contributed by atoms with van der Waals surface area (Å²) < 4.78 is 0. The molecule has 1 aliphatic rings. The van der Waals surface area contributed by atoms with Crippen molar-refractivity contribution in [3.8, 4) is 0 Å². The third-order valence-electron chi connectivity index (χ3n) is 4.34. The summed E-state index contributed by atoms with van der Waals surface area (Å²) in [5.74, 6) is 1.76. The Balaban J connectivity index is 1.71. The van der Waals surface area contributed by atoms with Crippen LogP contribution in [-0.2, 0) is 5.33 Å². The van der Waals surface area contributed by atoms with E-state index in [1.165, 1.54) is 31.2 Å². The Kier molecular flexibility index (Phi) is 6.08. The third-order valence-corrected chi connectivity index (χ3v) is 4.99. The molecule has 1 fully saturated rings. The van der Waals surface area contributed by atoms with Crippen LogP contribution in [-0.4, -0.2) is 12.5 Å². The van der Waals surface area contributed by atoms with Crippen LogP contribution in [0.3, 0.4) is 0 Å². The number of hydrogen-bond donors (Lipinski definition) is 1. The van der Waals surface area contributed by atoms with Gasteiger partial charge in [-0.05, 0) is 36.0 Å². The zero-order valence-electron chi connectivity index (χ0n) is 12.2. The van der Waals surface area contributed by atoms with Crippen molar-refractivity contribution in [2.75, 3.05) is 6.54 Å². The minimum absolute atomic E-state index is 0.0512. The van der Waals surface area contributed by atoms with Crippen molar-refractivity contribution in [3.63, 3.8) is 0 Å². The van der Waals surface area contributed by atoms with Gasteiger partial charge in [0.05, 0.1) is 0 Å². The van der Waals surface area contributed by atoms with E-state index < -0.39 is 0 Å². The summed E-state index contributed by atoms with van der Waals surface area (Å²) in [6.07, 6.45) is 6.49. The van der Waals surface area contributed by atoms with Crippen molar-refractivity contribution in [2.45, 2.75) is 44.4 Å². The van der Waals surface area contributed by atoms with E-state index in [9.17, 15) is 4.79 Å². The lowest BCUT2D eigenvalue weighted by Crippen LogP contribution is -2.26. The van der Waals surface area contributed by atoms with Crippen molar-refractivity contribution < 1.29 is 4.79 Å². The van der Waals surface area contributed by atoms with Gasteiger partial charge in [-0.25, -0.2) is 0 Å². The molecule has 1 amide bonds. The molecule has 1 N–H and O–H groups in total. The van der Waals surface area contributed by atoms with Gasteiger partial charge in [-0.3, -0.25) is 4.79 Å². The molecule has 1 aliphatic carbocycles. The first-order valence-electron chi connectivity index (χ1n) is 7.62. The molecule has 2 nitrogen and oxygen atoms in total. The van der Waals surface area contributed by atoms with Gasteiger partial charge in [0.2, 0.25) is 0 Å². The summed E-state index contributed by atoms with van der Waals surface area (Å²) in [5, 5.41) is 3.87. The second-order valence-electron chi connectivity index (χ2n) is 6.00. The van der Waals surface area contributed by atoms with Gasteiger partial charge in [-0.2, -0.15) is 0 Å². The van der Waals surface area contributed by atoms with E-state index in [0.717, 1.165) is 35.7 Å². The Bertz CT molecular complexity index is 421. The highest BCUT2D eigenvalue weighted by Crippen LogP contribution is 2.29. The normalized spacial score (nSPS) is 22.5. The lowest BCUT2D eigenvalue weighted by atomic mass is 9.81. The summed E-state index contributed by atoms with van der Waals surface area (Å²) in [6, 6.07) is 7.78. The van der Waals surface area contributed by atoms with Crippen LogP contribution in [0, 0.1) is 11.8 Å². The number of carbonyl (C=O) groups is 1. The van der Waals surface area contributed by atoms with E-state index in [1.807, 2.05) is 24.3 Å². The van der Waals surface area contributed by atoms with Crippen LogP contribution in [0.1, 0.15) is 54.9 Å². The predicted molar refractivity (Wildman–Crippen MR) is 87.1 cm³/mol. The highest BCUT2D eigenvalue weighted by molar-refractivity contribution is 9.08. The number of amides is 1. The lowest BCUT2D eigenvalue weighted by molar-refractivity contribution is 0.0949. The number of halogens is 1. The molecule has 0 heterocycles. The fraction of sp³-hybridized carbons (Fsp3) is 0.588. The van der Waals surface area contributed by atoms with Gasteiger partial charge in [0.15, 0.2) is 0 Å². The first-order chi connectivity index (χ1) is 9.69. The van der Waals surface area contributed by atoms with Crippen molar-refractivity contribution in [1.29, 1.82) is 0 Å². The number of rotatable bonds is 5. The van der Waals surface area contributed by atoms with Crippen LogP contribution in [0.5, 0.6) is 0 Å². The molecule has 0 spiro atoms. The summed E-state index contributed by atoms with van der Waals surface area (Å²) in [5.41, 5.74) is 1.95. The summed E-state index contributed by atoms with van der Waals surface area (Å²) in [7, 11) is 0. The van der Waals surface area contributed by atoms with Gasteiger partial charge in [0, 0.05) is 17.4 Å². The first kappa shape index (κ1) is 15.6. The van der Waals surface area contributed by atoms with E-state index in [1.54, 1.807) is 0 Å². The quantitative estimate of drug-likeness (QED) is 0.786. The van der Waals surface area contributed by atoms with Gasteiger partial charge < -0.3 is 5.32 Å². The molecule has 1 saturated carbocycles. The molecule has 1 aromatic carbocycles. The summed E-state index contributed by atoms with van der Waals surface area (Å²) in [4.78, 5) is 12.0. The van der Waals surface area contributed by atoms with Gasteiger partial charge in [0.1, 0.15) is 0 Å². The Hall–Kier alpha value is -0.830. The first-order valence-corrected chi connectivity index (χ1v) is 8.74. The highest BCUT2D eigenvalue weighted by Gasteiger charge is 2.18. The SMILES string of the molecule is CC1CCC(CCNC(=O)c2ccc(CBr)cc2)CC1. The largest absolute Gasteiger partial charge is 0.352 e. The standard InChI is InChI=1S/C17H24BrNO/c1-13-2-4-14(5-3-13)10-11-19-17(20)16-8-6-15(12-18)7-9-16/h6-9,13-14H,2-5,10-12H2,1H3,(H,19,20). The molecule has 3 heteroatoms. The second kappa shape index (κ2) is 7.82. The molecule has 20 heavy (non-hydrogen) atoms. The molecular weight excluding hydrogens is 314 g/mol. The maximum absolute atomic E-state index is 12.0. The molecule has 110 valence electrons. The highest BCUT2D eigenvalue weighted by atomic mass is 79.9. The van der Waals surface area contributed by atoms with Crippen LogP contribution < -0.4 is 5.32 Å². The van der Waals surface area contributed by atoms with Crippen molar-refractivity contribution in [2.24, 2.45) is 11.8 Å². The van der Waals surface area contributed by atoms with Crippen LogP contribution in [0.25, 0.3) is 0 Å². The minimum atomic E-state index is 0.0512. The van der Waals surface area contributed by atoms with Crippen molar-refractivity contribution in [1.82, 2.24) is 5.32 Å². The molecular formula is C17H24BrNO. The molecule has 0 saturated heterocycles. The number of carbonyl (C=O) groups excluding carboxylic acids is 1. The minimum Gasteiger partial charge on any atom is -0.352 e. The second-order valence-corrected chi connectivity index (χ2v) is 6.56. The van der Waals surface area contributed by atoms with Gasteiger partial charge in [0.25, 0.3) is 5.91 Å². The molecule has 0 bridgehead atoms. The van der Waals surface area contributed by atoms with E-state index in [0.29, 0.717) is 0 Å². The van der Waals surface area contributed by atoms with Gasteiger partial charge in [-0.15, -0.1) is 0 Å². The number of benzene rings is 1. The molecule has 0 aromatic heterocycles. The average molecular weight is 338 g/mol. The molecule has 0 radical (unpaired) electrons. The molecule has 0 unspecified atom stereocenters. The Morgan fingerprint density at radius 3 is 2.45 bits per heavy atom. The Morgan fingerprint density at radius 1 is 1.20 bits per heavy atom. The fourth-order valence-electron chi connectivity index (χ4n) is 2.85. The van der Waals surface area contributed by atoms with Crippen LogP contribution in [0.15, 0.2) is 24.3 Å². The van der Waals surface area contributed by atoms with E-state index in [4.69, 9.17) is 0 Å². The monoisotopic (exact) mass is 337 g/mol. The average Bonchev–Trinajstić information content (AvgIpc) is 2.49. The van der Waals surface area contributed by atoms with E-state index >= 15 is 0 Å². The Labute approximate surface area is 130 Å². The fourth-order valence-corrected chi connectivity index (χ4v) is 3.23. The number of hydrogen-bond acceptors (Lipinski definition) is 1. The molecule has 1 aromatic rings. The van der Waals surface area contributed by atoms with Crippen LogP contribution in [0.2, 0.25) is 0 Å².